The van der Waals surface area contributed by atoms with Crippen molar-refractivity contribution in [1.29, 1.82) is 0 Å². The number of rotatable bonds is 7. The lowest BCUT2D eigenvalue weighted by Crippen LogP contribution is -2.37. The highest BCUT2D eigenvalue weighted by atomic mass is 79.9. The molecule has 3 aromatic carbocycles. The van der Waals surface area contributed by atoms with Gasteiger partial charge in [0.15, 0.2) is 17.6 Å². The molecule has 14 heteroatoms. The Morgan fingerprint density at radius 1 is 0.974 bits per heavy atom. The lowest BCUT2D eigenvalue weighted by Gasteiger charge is -2.29. The molecule has 2 aliphatic rings. The molecular formula is C25H19BrN4O9. The van der Waals surface area contributed by atoms with Gasteiger partial charge >= 0.3 is 0 Å². The number of ether oxygens (including phenoxy) is 1. The van der Waals surface area contributed by atoms with Gasteiger partial charge in [-0.2, -0.15) is 0 Å². The second-order valence-electron chi connectivity index (χ2n) is 8.67. The van der Waals surface area contributed by atoms with Crippen molar-refractivity contribution in [1.82, 2.24) is 0 Å². The van der Waals surface area contributed by atoms with E-state index in [0.717, 1.165) is 4.90 Å². The Labute approximate surface area is 228 Å². The van der Waals surface area contributed by atoms with E-state index < -0.39 is 39.7 Å². The number of anilines is 2. The maximum atomic E-state index is 13.8. The number of nitro groups is 2. The third-order valence-electron chi connectivity index (χ3n) is 6.42. The summed E-state index contributed by atoms with van der Waals surface area (Å²) in [7, 11) is 0. The molecular weight excluding hydrogens is 580 g/mol. The van der Waals surface area contributed by atoms with Crippen LogP contribution in [0.3, 0.4) is 0 Å². The normalized spacial score (nSPS) is 20.3. The first-order valence-electron chi connectivity index (χ1n) is 11.6. The van der Waals surface area contributed by atoms with Crippen LogP contribution in [0.15, 0.2) is 65.1 Å². The number of hydrogen-bond donors (Lipinski definition) is 1. The van der Waals surface area contributed by atoms with E-state index in [0.29, 0.717) is 5.56 Å². The average Bonchev–Trinajstić information content (AvgIpc) is 3.42. The molecule has 0 radical (unpaired) electrons. The van der Waals surface area contributed by atoms with E-state index in [9.17, 15) is 34.9 Å². The molecule has 1 N–H and O–H groups in total. The van der Waals surface area contributed by atoms with Crippen LogP contribution in [0, 0.1) is 26.1 Å². The number of aromatic hydroxyl groups is 1. The summed E-state index contributed by atoms with van der Waals surface area (Å²) >= 11 is 3.29. The molecule has 3 atom stereocenters. The summed E-state index contributed by atoms with van der Waals surface area (Å²) in [5.41, 5.74) is 0.360. The van der Waals surface area contributed by atoms with Gasteiger partial charge in [-0.3, -0.25) is 34.7 Å². The Kier molecular flexibility index (Phi) is 6.66. The average molecular weight is 599 g/mol. The predicted molar refractivity (Wildman–Crippen MR) is 139 cm³/mol. The van der Waals surface area contributed by atoms with Crippen LogP contribution in [0.25, 0.3) is 0 Å². The molecule has 5 rings (SSSR count). The minimum absolute atomic E-state index is 0.119. The molecule has 0 aromatic heterocycles. The van der Waals surface area contributed by atoms with Gasteiger partial charge in [-0.15, -0.1) is 0 Å². The highest BCUT2D eigenvalue weighted by Gasteiger charge is 2.60. The van der Waals surface area contributed by atoms with E-state index >= 15 is 0 Å². The first kappa shape index (κ1) is 26.1. The van der Waals surface area contributed by atoms with Gasteiger partial charge in [0.25, 0.3) is 17.3 Å². The number of nitro benzene ring substituents is 2. The zero-order valence-corrected chi connectivity index (χ0v) is 21.7. The van der Waals surface area contributed by atoms with Crippen molar-refractivity contribution in [3.05, 3.63) is 90.9 Å². The Morgan fingerprint density at radius 3 is 2.31 bits per heavy atom. The fourth-order valence-electron chi connectivity index (χ4n) is 4.73. The van der Waals surface area contributed by atoms with E-state index in [1.165, 1.54) is 53.6 Å². The number of carbonyl (C=O) groups is 2. The summed E-state index contributed by atoms with van der Waals surface area (Å²) in [5, 5.41) is 34.2. The van der Waals surface area contributed by atoms with Crippen LogP contribution < -0.4 is 14.7 Å². The molecule has 2 fully saturated rings. The summed E-state index contributed by atoms with van der Waals surface area (Å²) in [6, 6.07) is 12.6. The number of benzene rings is 3. The van der Waals surface area contributed by atoms with Crippen molar-refractivity contribution >= 4 is 50.5 Å². The zero-order chi connectivity index (χ0) is 28.0. The van der Waals surface area contributed by atoms with Gasteiger partial charge in [0.2, 0.25) is 5.91 Å². The standard InChI is InChI=1S/C25H19BrN4O9/c1-2-38-19-11-13(10-18(26)22(19)31)21-20-23(39-28(21)16-4-3-5-17(12-16)30(36)37)25(33)27(24(20)32)14-6-8-15(9-7-14)29(34)35/h3-12,20-21,23,31H,2H2,1H3/t20-,21-,23-/m1/s1. The van der Waals surface area contributed by atoms with E-state index in [4.69, 9.17) is 9.57 Å². The van der Waals surface area contributed by atoms with Crippen molar-refractivity contribution in [3.8, 4) is 11.5 Å². The molecule has 0 unspecified atom stereocenters. The number of phenols is 1. The first-order valence-corrected chi connectivity index (χ1v) is 12.4. The topological polar surface area (TPSA) is 166 Å². The van der Waals surface area contributed by atoms with Crippen molar-refractivity contribution in [2.24, 2.45) is 5.92 Å². The van der Waals surface area contributed by atoms with Crippen LogP contribution in [0.1, 0.15) is 18.5 Å². The molecule has 0 saturated carbocycles. The molecule has 2 heterocycles. The summed E-state index contributed by atoms with van der Waals surface area (Å²) in [6.45, 7) is 1.96. The van der Waals surface area contributed by atoms with Gasteiger partial charge in [-0.1, -0.05) is 6.07 Å². The van der Waals surface area contributed by atoms with Crippen LogP contribution in [0.2, 0.25) is 0 Å². The van der Waals surface area contributed by atoms with Gasteiger partial charge in [0, 0.05) is 24.3 Å². The number of non-ortho nitro benzene ring substituents is 2. The first-order chi connectivity index (χ1) is 18.6. The van der Waals surface area contributed by atoms with Gasteiger partial charge in [-0.25, -0.2) is 9.96 Å². The van der Waals surface area contributed by atoms with E-state index in [1.807, 2.05) is 0 Å². The molecule has 2 aliphatic heterocycles. The molecule has 0 bridgehead atoms. The number of halogens is 1. The number of amides is 2. The highest BCUT2D eigenvalue weighted by Crippen LogP contribution is 2.50. The number of carbonyl (C=O) groups excluding carboxylic acids is 2. The number of hydrogen-bond acceptors (Lipinski definition) is 10. The largest absolute Gasteiger partial charge is 0.503 e. The minimum atomic E-state index is -1.29. The van der Waals surface area contributed by atoms with Gasteiger partial charge in [0.05, 0.1) is 38.3 Å². The fourth-order valence-corrected chi connectivity index (χ4v) is 5.19. The smallest absolute Gasteiger partial charge is 0.271 e. The van der Waals surface area contributed by atoms with Gasteiger partial charge in [-0.05, 0) is 58.7 Å². The maximum absolute atomic E-state index is 13.8. The van der Waals surface area contributed by atoms with Crippen LogP contribution in [0.5, 0.6) is 11.5 Å². The second-order valence-corrected chi connectivity index (χ2v) is 9.52. The van der Waals surface area contributed by atoms with E-state index in [-0.39, 0.29) is 45.3 Å². The second kappa shape index (κ2) is 9.96. The third kappa shape index (κ3) is 4.42. The Balaban J connectivity index is 1.62. The lowest BCUT2D eigenvalue weighted by molar-refractivity contribution is -0.385. The van der Waals surface area contributed by atoms with Gasteiger partial charge < -0.3 is 9.84 Å². The molecule has 2 saturated heterocycles. The molecule has 39 heavy (non-hydrogen) atoms. The van der Waals surface area contributed by atoms with Crippen molar-refractivity contribution in [2.75, 3.05) is 16.6 Å². The monoisotopic (exact) mass is 598 g/mol. The number of phenolic OH excluding ortho intramolecular Hbond substituents is 1. The van der Waals surface area contributed by atoms with E-state index in [1.54, 1.807) is 19.1 Å². The number of imide groups is 1. The summed E-state index contributed by atoms with van der Waals surface area (Å²) in [4.78, 5) is 55.5. The number of nitrogens with zero attached hydrogens (tertiary/aromatic N) is 4. The lowest BCUT2D eigenvalue weighted by atomic mass is 9.90. The van der Waals surface area contributed by atoms with Crippen LogP contribution in [0.4, 0.5) is 22.7 Å². The van der Waals surface area contributed by atoms with Crippen molar-refractivity contribution < 1.29 is 34.1 Å². The zero-order valence-electron chi connectivity index (χ0n) is 20.1. The van der Waals surface area contributed by atoms with Crippen LogP contribution in [-0.4, -0.2) is 39.5 Å². The quantitative estimate of drug-likeness (QED) is 0.233. The molecule has 0 spiro atoms. The molecule has 13 nitrogen and oxygen atoms in total. The van der Waals surface area contributed by atoms with Crippen molar-refractivity contribution in [3.63, 3.8) is 0 Å². The maximum Gasteiger partial charge on any atom is 0.271 e. The molecule has 0 aliphatic carbocycles. The summed E-state index contributed by atoms with van der Waals surface area (Å²) < 4.78 is 5.80. The minimum Gasteiger partial charge on any atom is -0.503 e. The molecule has 200 valence electrons. The van der Waals surface area contributed by atoms with E-state index in [2.05, 4.69) is 15.9 Å². The number of hydroxylamine groups is 1. The van der Waals surface area contributed by atoms with Crippen LogP contribution >= 0.6 is 15.9 Å². The third-order valence-corrected chi connectivity index (χ3v) is 7.03. The predicted octanol–water partition coefficient (Wildman–Crippen LogP) is 4.42. The van der Waals surface area contributed by atoms with Gasteiger partial charge in [0.1, 0.15) is 5.92 Å². The fraction of sp³-hybridized carbons (Fsp3) is 0.200. The summed E-state index contributed by atoms with van der Waals surface area (Å²) in [6.07, 6.45) is -1.29. The van der Waals surface area contributed by atoms with Crippen molar-refractivity contribution in [2.45, 2.75) is 19.1 Å². The molecule has 2 amide bonds. The SMILES string of the molecule is CCOc1cc([C@@H]2[C@H]3C(=O)N(c4ccc([N+](=O)[O-])cc4)C(=O)[C@@H]3ON2c2cccc([N+](=O)[O-])c2)cc(Br)c1O. The Bertz CT molecular complexity index is 1510. The number of fused-ring (bicyclic) bond motifs is 1. The highest BCUT2D eigenvalue weighted by molar-refractivity contribution is 9.10. The summed E-state index contributed by atoms with van der Waals surface area (Å²) in [5.74, 6) is -2.47. The Morgan fingerprint density at radius 2 is 1.67 bits per heavy atom. The molecule has 3 aromatic rings. The Hall–Kier alpha value is -4.56. The van der Waals surface area contributed by atoms with Crippen LogP contribution in [-0.2, 0) is 14.4 Å².